The number of rotatable bonds is 7. The third-order valence-electron chi connectivity index (χ3n) is 15.8. The van der Waals surface area contributed by atoms with E-state index >= 15 is 0 Å². The summed E-state index contributed by atoms with van der Waals surface area (Å²) in [7, 11) is 0. The first kappa shape index (κ1) is 50.4. The lowest BCUT2D eigenvalue weighted by Crippen LogP contribution is -2.17. The molecule has 0 unspecified atom stereocenters. The summed E-state index contributed by atoms with van der Waals surface area (Å²) >= 11 is 0. The van der Waals surface area contributed by atoms with Crippen LogP contribution < -0.4 is 0 Å². The molecule has 0 atom stereocenters. The Morgan fingerprint density at radius 2 is 0.641 bits per heavy atom. The molecule has 5 nitrogen and oxygen atoms in total. The van der Waals surface area contributed by atoms with Crippen LogP contribution in [0, 0.1) is 0 Å². The van der Waals surface area contributed by atoms with Crippen molar-refractivity contribution in [1.29, 1.82) is 0 Å². The van der Waals surface area contributed by atoms with Crippen LogP contribution >= 0.6 is 0 Å². The lowest BCUT2D eigenvalue weighted by atomic mass is 9.79. The molecule has 0 aliphatic carbocycles. The summed E-state index contributed by atoms with van der Waals surface area (Å²) in [5, 5.41) is 4.80. The third-order valence-corrected chi connectivity index (χ3v) is 15.8. The molecule has 0 spiro atoms. The zero-order valence-electron chi connectivity index (χ0n) is 47.3. The van der Waals surface area contributed by atoms with Crippen molar-refractivity contribution < 1.29 is 0 Å². The van der Waals surface area contributed by atoms with E-state index in [1.807, 2.05) is 0 Å². The normalized spacial score (nSPS) is 12.6. The Hall–Kier alpha value is -8.41. The zero-order valence-corrected chi connectivity index (χ0v) is 47.3. The van der Waals surface area contributed by atoms with E-state index in [2.05, 4.69) is 292 Å². The molecule has 12 rings (SSSR count). The number of aromatic nitrogens is 5. The molecule has 3 aromatic heterocycles. The van der Waals surface area contributed by atoms with E-state index in [-0.39, 0.29) is 21.7 Å². The van der Waals surface area contributed by atoms with E-state index in [0.29, 0.717) is 17.5 Å². The topological polar surface area (TPSA) is 48.5 Å². The molecule has 3 heterocycles. The van der Waals surface area contributed by atoms with Crippen LogP contribution in [0.4, 0.5) is 0 Å². The second-order valence-electron chi connectivity index (χ2n) is 25.5. The Labute approximate surface area is 460 Å². The van der Waals surface area contributed by atoms with Gasteiger partial charge in [-0.05, 0) is 133 Å². The van der Waals surface area contributed by atoms with Crippen LogP contribution in [0.15, 0.2) is 200 Å². The molecule has 9 aromatic carbocycles. The lowest BCUT2D eigenvalue weighted by molar-refractivity contribution is 0.568. The second kappa shape index (κ2) is 18.7. The van der Waals surface area contributed by atoms with Gasteiger partial charge in [0.1, 0.15) is 0 Å². The summed E-state index contributed by atoms with van der Waals surface area (Å²) in [6.07, 6.45) is 0. The van der Waals surface area contributed by atoms with E-state index in [4.69, 9.17) is 15.0 Å². The lowest BCUT2D eigenvalue weighted by Gasteiger charge is -2.26. The molecule has 78 heavy (non-hydrogen) atoms. The van der Waals surface area contributed by atoms with Crippen molar-refractivity contribution in [2.75, 3.05) is 0 Å². The maximum Gasteiger partial charge on any atom is 0.166 e. The Bertz CT molecular complexity index is 4080. The molecule has 5 heteroatoms. The minimum absolute atomic E-state index is 0.125. The van der Waals surface area contributed by atoms with Crippen LogP contribution in [-0.4, -0.2) is 24.1 Å². The van der Waals surface area contributed by atoms with E-state index in [1.54, 1.807) is 0 Å². The molecule has 0 N–H and O–H groups in total. The van der Waals surface area contributed by atoms with Gasteiger partial charge >= 0.3 is 0 Å². The number of nitrogens with zero attached hydrogens (tertiary/aromatic N) is 5. The van der Waals surface area contributed by atoms with Crippen molar-refractivity contribution in [3.05, 3.63) is 222 Å². The van der Waals surface area contributed by atoms with Gasteiger partial charge in [0.2, 0.25) is 0 Å². The van der Waals surface area contributed by atoms with E-state index in [9.17, 15) is 0 Å². The fourth-order valence-corrected chi connectivity index (χ4v) is 11.2. The summed E-state index contributed by atoms with van der Waals surface area (Å²) in [5.74, 6) is 1.88. The average molecular weight is 1020 g/mol. The summed E-state index contributed by atoms with van der Waals surface area (Å²) in [4.78, 5) is 17.0. The first-order chi connectivity index (χ1) is 37.2. The summed E-state index contributed by atoms with van der Waals surface area (Å²) in [6, 6.07) is 73.6. The standard InChI is InChI=1S/C73H69N5/c1-70(2,3)51-38-49(39-52(44-51)71(4,5)6)67-74-68(50-40-53(72(7,8)9)45-54(41-50)73(10,11)12)76-69(75-67)60-43-48(55-26-16-20-30-61(55)77-62-31-21-17-27-56(62)57-28-18-22-32-63(57)77)35-37-66(60)78-64-33-23-19-29-58(64)59-42-47(34-36-65(59)78)46-24-14-13-15-25-46/h13-45H,1-12H3. The van der Waals surface area contributed by atoms with Crippen molar-refractivity contribution in [2.24, 2.45) is 0 Å². The van der Waals surface area contributed by atoms with Crippen molar-refractivity contribution in [3.8, 4) is 67.8 Å². The molecule has 0 saturated carbocycles. The molecule has 0 saturated heterocycles. The third kappa shape index (κ3) is 9.09. The molecule has 12 aromatic rings. The highest BCUT2D eigenvalue weighted by molar-refractivity contribution is 6.12. The fraction of sp³-hybridized carbons (Fsp3) is 0.219. The minimum atomic E-state index is -0.125. The van der Waals surface area contributed by atoms with Crippen LogP contribution in [0.25, 0.3) is 111 Å². The highest BCUT2D eigenvalue weighted by Crippen LogP contribution is 2.43. The zero-order chi connectivity index (χ0) is 54.5. The van der Waals surface area contributed by atoms with Crippen LogP contribution in [0.2, 0.25) is 0 Å². The first-order valence-electron chi connectivity index (χ1n) is 27.6. The van der Waals surface area contributed by atoms with Crippen molar-refractivity contribution in [2.45, 2.75) is 105 Å². The number of benzene rings is 9. The number of hydrogen-bond donors (Lipinski definition) is 0. The minimum Gasteiger partial charge on any atom is -0.309 e. The monoisotopic (exact) mass is 1020 g/mol. The highest BCUT2D eigenvalue weighted by Gasteiger charge is 2.27. The SMILES string of the molecule is CC(C)(C)c1cc(-c2nc(-c3cc(C(C)(C)C)cc(C(C)(C)C)c3)nc(-c3cc(-c4ccccc4-n4c5ccccc5c5ccccc54)ccc3-n3c4ccccc4c4cc(-c5ccccc5)ccc43)n2)cc(C(C)(C)C)c1. The molecular formula is C73H69N5. The van der Waals surface area contributed by atoms with Crippen LogP contribution in [-0.2, 0) is 21.7 Å². The quantitative estimate of drug-likeness (QED) is 0.160. The van der Waals surface area contributed by atoms with E-state index in [1.165, 1.54) is 54.9 Å². The molecule has 0 aliphatic rings. The van der Waals surface area contributed by atoms with Gasteiger partial charge in [0, 0.05) is 43.8 Å². The number of para-hydroxylation sites is 4. The molecule has 0 radical (unpaired) electrons. The average Bonchev–Trinajstić information content (AvgIpc) is 4.07. The summed E-state index contributed by atoms with van der Waals surface area (Å²) in [5.41, 5.74) is 18.4. The van der Waals surface area contributed by atoms with Gasteiger partial charge < -0.3 is 9.13 Å². The van der Waals surface area contributed by atoms with E-state index < -0.39 is 0 Å². The van der Waals surface area contributed by atoms with Crippen molar-refractivity contribution in [1.82, 2.24) is 24.1 Å². The van der Waals surface area contributed by atoms with Crippen molar-refractivity contribution in [3.63, 3.8) is 0 Å². The molecular weight excluding hydrogens is 947 g/mol. The van der Waals surface area contributed by atoms with Gasteiger partial charge in [0.25, 0.3) is 0 Å². The molecule has 0 bridgehead atoms. The Kier molecular flexibility index (Phi) is 12.1. The molecule has 0 aliphatic heterocycles. The predicted molar refractivity (Wildman–Crippen MR) is 330 cm³/mol. The van der Waals surface area contributed by atoms with Gasteiger partial charge in [-0.1, -0.05) is 210 Å². The highest BCUT2D eigenvalue weighted by atomic mass is 15.1. The fourth-order valence-electron chi connectivity index (χ4n) is 11.2. The van der Waals surface area contributed by atoms with Gasteiger partial charge in [-0.3, -0.25) is 0 Å². The largest absolute Gasteiger partial charge is 0.309 e. The number of hydrogen-bond acceptors (Lipinski definition) is 3. The van der Waals surface area contributed by atoms with Gasteiger partial charge in [-0.25, -0.2) is 15.0 Å². The smallest absolute Gasteiger partial charge is 0.166 e. The van der Waals surface area contributed by atoms with Gasteiger partial charge in [0.15, 0.2) is 17.5 Å². The predicted octanol–water partition coefficient (Wildman–Crippen LogP) is 19.6. The van der Waals surface area contributed by atoms with Crippen LogP contribution in [0.1, 0.15) is 105 Å². The van der Waals surface area contributed by atoms with Gasteiger partial charge in [-0.15, -0.1) is 0 Å². The number of fused-ring (bicyclic) bond motifs is 6. The second-order valence-corrected chi connectivity index (χ2v) is 25.5. The molecule has 0 fully saturated rings. The Morgan fingerprint density at radius 1 is 0.256 bits per heavy atom. The van der Waals surface area contributed by atoms with Gasteiger partial charge in [-0.2, -0.15) is 0 Å². The molecule has 386 valence electrons. The van der Waals surface area contributed by atoms with E-state index in [0.717, 1.165) is 61.3 Å². The molecule has 0 amide bonds. The van der Waals surface area contributed by atoms with Gasteiger partial charge in [0.05, 0.1) is 33.4 Å². The maximum atomic E-state index is 5.72. The summed E-state index contributed by atoms with van der Waals surface area (Å²) < 4.78 is 4.85. The first-order valence-corrected chi connectivity index (χ1v) is 27.6. The summed E-state index contributed by atoms with van der Waals surface area (Å²) in [6.45, 7) is 27.5. The van der Waals surface area contributed by atoms with Crippen LogP contribution in [0.3, 0.4) is 0 Å². The maximum absolute atomic E-state index is 5.72. The Morgan fingerprint density at radius 3 is 1.13 bits per heavy atom. The van der Waals surface area contributed by atoms with Crippen LogP contribution in [0.5, 0.6) is 0 Å². The van der Waals surface area contributed by atoms with Crippen molar-refractivity contribution >= 4 is 43.6 Å². The Balaban J connectivity index is 1.19.